The van der Waals surface area contributed by atoms with E-state index in [2.05, 4.69) is 15.0 Å². The Bertz CT molecular complexity index is 784. The molecule has 21 heavy (non-hydrogen) atoms. The summed E-state index contributed by atoms with van der Waals surface area (Å²) in [6.07, 6.45) is 0. The van der Waals surface area contributed by atoms with E-state index in [4.69, 9.17) is 10.5 Å². The molecular formula is C15H16N4OS. The predicted octanol–water partition coefficient (Wildman–Crippen LogP) is 3.40. The van der Waals surface area contributed by atoms with Gasteiger partial charge in [-0.25, -0.2) is 9.97 Å². The molecule has 3 N–H and O–H groups in total. The van der Waals surface area contributed by atoms with Crippen LogP contribution in [0, 0.1) is 6.92 Å². The van der Waals surface area contributed by atoms with Crippen molar-refractivity contribution in [2.24, 2.45) is 0 Å². The number of fused-ring (bicyclic) bond motifs is 1. The van der Waals surface area contributed by atoms with Crippen LogP contribution in [0.3, 0.4) is 0 Å². The van der Waals surface area contributed by atoms with Crippen molar-refractivity contribution in [3.05, 3.63) is 36.0 Å². The molecule has 0 bridgehead atoms. The molecule has 3 aromatic rings. The van der Waals surface area contributed by atoms with Crippen molar-refractivity contribution in [3.63, 3.8) is 0 Å². The van der Waals surface area contributed by atoms with Crippen LogP contribution in [0.15, 0.2) is 40.5 Å². The van der Waals surface area contributed by atoms with Crippen molar-refractivity contribution in [1.82, 2.24) is 15.0 Å². The molecule has 0 unspecified atom stereocenters. The van der Waals surface area contributed by atoms with Crippen LogP contribution in [-0.4, -0.2) is 21.6 Å². The molecule has 0 atom stereocenters. The maximum Gasteiger partial charge on any atom is 0.172 e. The minimum atomic E-state index is 0.649. The predicted molar refractivity (Wildman–Crippen MR) is 84.8 cm³/mol. The third-order valence-electron chi connectivity index (χ3n) is 3.05. The van der Waals surface area contributed by atoms with Gasteiger partial charge in [-0.2, -0.15) is 0 Å². The lowest BCUT2D eigenvalue weighted by Gasteiger charge is -2.01. The van der Waals surface area contributed by atoms with E-state index in [1.165, 1.54) is 11.8 Å². The van der Waals surface area contributed by atoms with Gasteiger partial charge in [-0.05, 0) is 49.9 Å². The van der Waals surface area contributed by atoms with Gasteiger partial charge in [0.25, 0.3) is 0 Å². The van der Waals surface area contributed by atoms with E-state index in [9.17, 15) is 0 Å². The van der Waals surface area contributed by atoms with E-state index in [1.807, 2.05) is 44.2 Å². The van der Waals surface area contributed by atoms with Gasteiger partial charge in [-0.1, -0.05) is 0 Å². The first-order chi connectivity index (χ1) is 10.2. The molecule has 0 aliphatic rings. The summed E-state index contributed by atoms with van der Waals surface area (Å²) in [6, 6.07) is 9.58. The zero-order valence-corrected chi connectivity index (χ0v) is 12.7. The Morgan fingerprint density at radius 2 is 2.10 bits per heavy atom. The van der Waals surface area contributed by atoms with E-state index < -0.39 is 0 Å². The summed E-state index contributed by atoms with van der Waals surface area (Å²) in [5.74, 6) is 0.839. The highest BCUT2D eigenvalue weighted by Gasteiger charge is 2.07. The largest absolute Gasteiger partial charge is 0.494 e. The number of nitrogens with zero attached hydrogens (tertiary/aromatic N) is 2. The first kappa shape index (κ1) is 13.8. The second-order valence-corrected chi connectivity index (χ2v) is 5.59. The number of benzene rings is 1. The number of aromatic nitrogens is 3. The Labute approximate surface area is 126 Å². The molecule has 0 spiro atoms. The van der Waals surface area contributed by atoms with Gasteiger partial charge >= 0.3 is 0 Å². The number of H-pyrrole nitrogens is 1. The molecule has 0 fully saturated rings. The van der Waals surface area contributed by atoms with Crippen molar-refractivity contribution in [2.45, 2.75) is 24.0 Å². The second kappa shape index (κ2) is 5.65. The molecule has 0 saturated heterocycles. The number of anilines is 1. The van der Waals surface area contributed by atoms with Gasteiger partial charge in [0.2, 0.25) is 0 Å². The van der Waals surface area contributed by atoms with Crippen LogP contribution >= 0.6 is 11.8 Å². The lowest BCUT2D eigenvalue weighted by Crippen LogP contribution is -1.93. The van der Waals surface area contributed by atoms with Crippen LogP contribution in [0.5, 0.6) is 5.75 Å². The molecule has 108 valence electrons. The number of nitrogen functional groups attached to an aromatic ring is 1. The summed E-state index contributed by atoms with van der Waals surface area (Å²) < 4.78 is 5.49. The molecule has 0 aliphatic carbocycles. The number of aryl methyl sites for hydroxylation is 1. The highest BCUT2D eigenvalue weighted by Crippen LogP contribution is 2.28. The van der Waals surface area contributed by atoms with E-state index in [-0.39, 0.29) is 0 Å². The molecule has 0 radical (unpaired) electrons. The summed E-state index contributed by atoms with van der Waals surface area (Å²) in [6.45, 7) is 4.51. The monoisotopic (exact) mass is 300 g/mol. The normalized spacial score (nSPS) is 11.0. The molecule has 0 saturated carbocycles. The number of hydrogen-bond donors (Lipinski definition) is 2. The Balaban J connectivity index is 1.88. The summed E-state index contributed by atoms with van der Waals surface area (Å²) >= 11 is 1.48. The number of nitrogens with two attached hydrogens (primary N) is 1. The lowest BCUT2D eigenvalue weighted by molar-refractivity contribution is 0.340. The van der Waals surface area contributed by atoms with Crippen molar-refractivity contribution < 1.29 is 4.74 Å². The number of pyridine rings is 1. The molecule has 0 amide bonds. The molecule has 2 aromatic heterocycles. The fraction of sp³-hybridized carbons (Fsp3) is 0.200. The fourth-order valence-electron chi connectivity index (χ4n) is 1.97. The minimum absolute atomic E-state index is 0.649. The lowest BCUT2D eigenvalue weighted by atomic mass is 10.3. The summed E-state index contributed by atoms with van der Waals surface area (Å²) in [5.41, 5.74) is 9.17. The number of aromatic amines is 1. The number of hydrogen-bond acceptors (Lipinski definition) is 5. The quantitative estimate of drug-likeness (QED) is 0.772. The van der Waals surface area contributed by atoms with Crippen molar-refractivity contribution in [3.8, 4) is 5.75 Å². The first-order valence-electron chi connectivity index (χ1n) is 6.69. The van der Waals surface area contributed by atoms with Gasteiger partial charge in [0.1, 0.15) is 10.8 Å². The fourth-order valence-corrected chi connectivity index (χ4v) is 2.80. The van der Waals surface area contributed by atoms with Crippen molar-refractivity contribution in [1.29, 1.82) is 0 Å². The molecule has 0 aliphatic heterocycles. The summed E-state index contributed by atoms with van der Waals surface area (Å²) in [4.78, 5) is 12.3. The van der Waals surface area contributed by atoms with Crippen molar-refractivity contribution >= 4 is 28.5 Å². The summed E-state index contributed by atoms with van der Waals surface area (Å²) in [7, 11) is 0. The summed E-state index contributed by atoms with van der Waals surface area (Å²) in [5, 5.41) is 1.67. The Hall–Kier alpha value is -2.21. The zero-order chi connectivity index (χ0) is 14.8. The Morgan fingerprint density at radius 3 is 2.86 bits per heavy atom. The molecule has 2 heterocycles. The van der Waals surface area contributed by atoms with Gasteiger partial charge < -0.3 is 15.5 Å². The molecular weight excluding hydrogens is 284 g/mol. The van der Waals surface area contributed by atoms with Gasteiger partial charge in [-0.15, -0.1) is 0 Å². The van der Waals surface area contributed by atoms with Crippen LogP contribution in [0.2, 0.25) is 0 Å². The third kappa shape index (κ3) is 2.95. The van der Waals surface area contributed by atoms with E-state index in [0.29, 0.717) is 12.3 Å². The minimum Gasteiger partial charge on any atom is -0.494 e. The average molecular weight is 300 g/mol. The number of rotatable bonds is 4. The first-order valence-corrected chi connectivity index (χ1v) is 7.51. The Kier molecular flexibility index (Phi) is 3.70. The van der Waals surface area contributed by atoms with Gasteiger partial charge in [0, 0.05) is 6.07 Å². The van der Waals surface area contributed by atoms with E-state index in [1.54, 1.807) is 0 Å². The average Bonchev–Trinajstić information content (AvgIpc) is 2.85. The van der Waals surface area contributed by atoms with Gasteiger partial charge in [0.15, 0.2) is 5.16 Å². The maximum atomic E-state index is 5.78. The van der Waals surface area contributed by atoms with Crippen LogP contribution in [-0.2, 0) is 0 Å². The number of imidazole rings is 1. The second-order valence-electron chi connectivity index (χ2n) is 4.58. The highest BCUT2D eigenvalue weighted by molar-refractivity contribution is 7.99. The van der Waals surface area contributed by atoms with Crippen LogP contribution in [0.25, 0.3) is 11.0 Å². The molecule has 5 nitrogen and oxygen atoms in total. The SMILES string of the molecule is CCOc1ccc2nc(Sc3ccc(N)c(C)n3)[nH]c2c1. The number of ether oxygens (including phenoxy) is 1. The van der Waals surface area contributed by atoms with Gasteiger partial charge in [0.05, 0.1) is 29.0 Å². The topological polar surface area (TPSA) is 76.8 Å². The van der Waals surface area contributed by atoms with Gasteiger partial charge in [-0.3, -0.25) is 0 Å². The third-order valence-corrected chi connectivity index (χ3v) is 3.87. The molecule has 3 rings (SSSR count). The Morgan fingerprint density at radius 1 is 1.24 bits per heavy atom. The zero-order valence-electron chi connectivity index (χ0n) is 11.9. The van der Waals surface area contributed by atoms with E-state index in [0.717, 1.165) is 32.7 Å². The van der Waals surface area contributed by atoms with Crippen LogP contribution in [0.4, 0.5) is 5.69 Å². The molecule has 1 aromatic carbocycles. The van der Waals surface area contributed by atoms with Crippen LogP contribution < -0.4 is 10.5 Å². The smallest absolute Gasteiger partial charge is 0.172 e. The standard InChI is InChI=1S/C15H16N4OS/c1-3-20-10-4-6-12-13(8-10)19-15(18-12)21-14-7-5-11(16)9(2)17-14/h4-8H,3,16H2,1-2H3,(H,18,19). The van der Waals surface area contributed by atoms with Crippen LogP contribution in [0.1, 0.15) is 12.6 Å². The van der Waals surface area contributed by atoms with E-state index >= 15 is 0 Å². The molecule has 6 heteroatoms. The van der Waals surface area contributed by atoms with Crippen molar-refractivity contribution in [2.75, 3.05) is 12.3 Å². The maximum absolute atomic E-state index is 5.78. The highest BCUT2D eigenvalue weighted by atomic mass is 32.2. The number of nitrogens with one attached hydrogen (secondary N) is 1.